The van der Waals surface area contributed by atoms with E-state index in [1.807, 2.05) is 0 Å². The standard InChI is InChI=1S/C19H21FN2O4S/c1-10-5-6-14(13(20)7-10)22-19-16(18(26)21-8-11(24)9-23)12-3-2-4-15(25)17(12)27-19/h5-7,11,22-24H,2-4,8-9H2,1H3,(H,21,26)/t11-/m1/s1. The zero-order valence-corrected chi connectivity index (χ0v) is 15.7. The van der Waals surface area contributed by atoms with Gasteiger partial charge in [-0.3, -0.25) is 9.59 Å². The van der Waals surface area contributed by atoms with Gasteiger partial charge in [-0.25, -0.2) is 4.39 Å². The molecule has 1 aromatic carbocycles. The van der Waals surface area contributed by atoms with E-state index in [1.54, 1.807) is 19.1 Å². The number of carbonyl (C=O) groups excluding carboxylic acids is 2. The second-order valence-electron chi connectivity index (χ2n) is 6.55. The molecule has 3 rings (SSSR count). The maximum absolute atomic E-state index is 14.2. The smallest absolute Gasteiger partial charge is 0.254 e. The molecule has 0 radical (unpaired) electrons. The van der Waals surface area contributed by atoms with Crippen LogP contribution in [0, 0.1) is 12.7 Å². The number of benzene rings is 1. The third-order valence-electron chi connectivity index (χ3n) is 4.40. The molecule has 6 nitrogen and oxygen atoms in total. The number of aliphatic hydroxyl groups excluding tert-OH is 2. The molecule has 144 valence electrons. The molecule has 1 heterocycles. The van der Waals surface area contributed by atoms with Gasteiger partial charge in [0.05, 0.1) is 28.8 Å². The summed E-state index contributed by atoms with van der Waals surface area (Å²) < 4.78 is 14.2. The van der Waals surface area contributed by atoms with Crippen LogP contribution in [0.3, 0.4) is 0 Å². The Morgan fingerprint density at radius 2 is 2.15 bits per heavy atom. The molecular weight excluding hydrogens is 371 g/mol. The molecule has 1 aliphatic carbocycles. The third kappa shape index (κ3) is 4.18. The number of ketones is 1. The number of hydrogen-bond donors (Lipinski definition) is 4. The maximum atomic E-state index is 14.2. The van der Waals surface area contributed by atoms with Crippen molar-refractivity contribution in [1.82, 2.24) is 5.32 Å². The van der Waals surface area contributed by atoms with E-state index in [1.165, 1.54) is 6.07 Å². The Morgan fingerprint density at radius 1 is 1.37 bits per heavy atom. The van der Waals surface area contributed by atoms with Gasteiger partial charge in [0.25, 0.3) is 5.91 Å². The molecule has 0 fully saturated rings. The highest BCUT2D eigenvalue weighted by Crippen LogP contribution is 2.39. The van der Waals surface area contributed by atoms with Crippen LogP contribution < -0.4 is 10.6 Å². The highest BCUT2D eigenvalue weighted by Gasteiger charge is 2.29. The van der Waals surface area contributed by atoms with E-state index in [2.05, 4.69) is 10.6 Å². The number of aliphatic hydroxyl groups is 2. The summed E-state index contributed by atoms with van der Waals surface area (Å²) in [6, 6.07) is 4.72. The van der Waals surface area contributed by atoms with Crippen LogP contribution in [0.15, 0.2) is 18.2 Å². The summed E-state index contributed by atoms with van der Waals surface area (Å²) in [6.07, 6.45) is 0.591. The summed E-state index contributed by atoms with van der Waals surface area (Å²) in [6.45, 7) is 1.19. The number of thiophene rings is 1. The van der Waals surface area contributed by atoms with Gasteiger partial charge in [-0.2, -0.15) is 0 Å². The normalized spacial score (nSPS) is 14.6. The first-order valence-corrected chi connectivity index (χ1v) is 9.51. The monoisotopic (exact) mass is 392 g/mol. The minimum absolute atomic E-state index is 0.0249. The Kier molecular flexibility index (Phi) is 5.88. The Labute approximate surface area is 160 Å². The molecule has 1 aliphatic rings. The van der Waals surface area contributed by atoms with Gasteiger partial charge in [-0.15, -0.1) is 11.3 Å². The molecule has 1 atom stereocenters. The predicted octanol–water partition coefficient (Wildman–Crippen LogP) is 2.54. The minimum Gasteiger partial charge on any atom is -0.394 e. The molecule has 1 amide bonds. The van der Waals surface area contributed by atoms with Crippen molar-refractivity contribution in [3.05, 3.63) is 45.6 Å². The molecule has 0 saturated carbocycles. The Balaban J connectivity index is 1.97. The molecular formula is C19H21FN2O4S. The zero-order chi connectivity index (χ0) is 19.6. The van der Waals surface area contributed by atoms with Crippen molar-refractivity contribution in [3.8, 4) is 0 Å². The second-order valence-corrected chi connectivity index (χ2v) is 7.57. The van der Waals surface area contributed by atoms with Crippen molar-refractivity contribution in [2.24, 2.45) is 0 Å². The Morgan fingerprint density at radius 3 is 2.85 bits per heavy atom. The molecule has 0 bridgehead atoms. The molecule has 4 N–H and O–H groups in total. The summed E-state index contributed by atoms with van der Waals surface area (Å²) in [7, 11) is 0. The highest BCUT2D eigenvalue weighted by molar-refractivity contribution is 7.18. The molecule has 0 saturated heterocycles. The Hall–Kier alpha value is -2.29. The molecule has 8 heteroatoms. The second kappa shape index (κ2) is 8.16. The van der Waals surface area contributed by atoms with E-state index in [4.69, 9.17) is 5.11 Å². The zero-order valence-electron chi connectivity index (χ0n) is 14.8. The number of halogens is 1. The minimum atomic E-state index is -1.07. The van der Waals surface area contributed by atoms with Gasteiger partial charge in [-0.05, 0) is 43.0 Å². The number of carbonyl (C=O) groups is 2. The maximum Gasteiger partial charge on any atom is 0.254 e. The molecule has 0 spiro atoms. The van der Waals surface area contributed by atoms with Gasteiger partial charge in [0, 0.05) is 13.0 Å². The molecule has 2 aromatic rings. The lowest BCUT2D eigenvalue weighted by molar-refractivity contribution is 0.0802. The largest absolute Gasteiger partial charge is 0.394 e. The fourth-order valence-electron chi connectivity index (χ4n) is 3.00. The van der Waals surface area contributed by atoms with Crippen molar-refractivity contribution >= 4 is 33.7 Å². The van der Waals surface area contributed by atoms with E-state index in [0.717, 1.165) is 16.9 Å². The van der Waals surface area contributed by atoms with Crippen molar-refractivity contribution in [1.29, 1.82) is 0 Å². The summed E-state index contributed by atoms with van der Waals surface area (Å²) in [5.74, 6) is -0.942. The van der Waals surface area contributed by atoms with Crippen LogP contribution in [0.1, 0.15) is 44.0 Å². The summed E-state index contributed by atoms with van der Waals surface area (Å²) in [5.41, 5.74) is 1.95. The molecule has 27 heavy (non-hydrogen) atoms. The number of nitrogens with one attached hydrogen (secondary N) is 2. The van der Waals surface area contributed by atoms with Crippen LogP contribution in [0.5, 0.6) is 0 Å². The van der Waals surface area contributed by atoms with E-state index >= 15 is 0 Å². The van der Waals surface area contributed by atoms with Crippen LogP contribution >= 0.6 is 11.3 Å². The lowest BCUT2D eigenvalue weighted by Crippen LogP contribution is -2.34. The predicted molar refractivity (Wildman–Crippen MR) is 101 cm³/mol. The molecule has 1 aromatic heterocycles. The van der Waals surface area contributed by atoms with E-state index in [-0.39, 0.29) is 18.0 Å². The topological polar surface area (TPSA) is 98.7 Å². The van der Waals surface area contributed by atoms with Crippen LogP contribution in [0.25, 0.3) is 0 Å². The van der Waals surface area contributed by atoms with Gasteiger partial charge in [-0.1, -0.05) is 6.07 Å². The average molecular weight is 392 g/mol. The van der Waals surface area contributed by atoms with Crippen molar-refractivity contribution in [2.45, 2.75) is 32.3 Å². The molecule has 0 aliphatic heterocycles. The van der Waals surface area contributed by atoms with Crippen LogP contribution in [-0.2, 0) is 6.42 Å². The average Bonchev–Trinajstić information content (AvgIpc) is 3.01. The Bertz CT molecular complexity index is 881. The van der Waals surface area contributed by atoms with Crippen molar-refractivity contribution in [2.75, 3.05) is 18.5 Å². The van der Waals surface area contributed by atoms with Gasteiger partial charge in [0.1, 0.15) is 10.8 Å². The van der Waals surface area contributed by atoms with Crippen molar-refractivity contribution in [3.63, 3.8) is 0 Å². The number of amides is 1. The van der Waals surface area contributed by atoms with E-state index < -0.39 is 24.4 Å². The van der Waals surface area contributed by atoms with E-state index in [9.17, 15) is 19.1 Å². The fraction of sp³-hybridized carbons (Fsp3) is 0.368. The third-order valence-corrected chi connectivity index (χ3v) is 5.59. The van der Waals surface area contributed by atoms with Crippen LogP contribution in [0.2, 0.25) is 0 Å². The summed E-state index contributed by atoms with van der Waals surface area (Å²) in [4.78, 5) is 25.5. The number of fused-ring (bicyclic) bond motifs is 1. The van der Waals surface area contributed by atoms with Gasteiger partial charge < -0.3 is 20.8 Å². The fourth-order valence-corrected chi connectivity index (χ4v) is 4.23. The SMILES string of the molecule is Cc1ccc(Nc2sc3c(c2C(=O)NC[C@@H](O)CO)CCCC3=O)c(F)c1. The number of aryl methyl sites for hydroxylation is 1. The van der Waals surface area contributed by atoms with Crippen molar-refractivity contribution < 1.29 is 24.2 Å². The summed E-state index contributed by atoms with van der Waals surface area (Å²) >= 11 is 1.15. The number of anilines is 2. The first-order chi connectivity index (χ1) is 12.9. The number of Topliss-reactive ketones (excluding diaryl/α,β-unsaturated/α-hetero) is 1. The lowest BCUT2D eigenvalue weighted by atomic mass is 9.94. The van der Waals surface area contributed by atoms with E-state index in [0.29, 0.717) is 40.3 Å². The number of hydrogen-bond acceptors (Lipinski definition) is 6. The van der Waals surface area contributed by atoms with Crippen LogP contribution in [0.4, 0.5) is 15.1 Å². The number of rotatable bonds is 6. The highest BCUT2D eigenvalue weighted by atomic mass is 32.1. The lowest BCUT2D eigenvalue weighted by Gasteiger charge is -2.14. The van der Waals surface area contributed by atoms with Gasteiger partial charge in [0.2, 0.25) is 0 Å². The first-order valence-electron chi connectivity index (χ1n) is 8.70. The van der Waals surface area contributed by atoms with Gasteiger partial charge in [0.15, 0.2) is 5.78 Å². The summed E-state index contributed by atoms with van der Waals surface area (Å²) in [5, 5.41) is 24.3. The van der Waals surface area contributed by atoms with Gasteiger partial charge >= 0.3 is 0 Å². The first kappa shape index (κ1) is 19.5. The quantitative estimate of drug-likeness (QED) is 0.606. The molecule has 0 unspecified atom stereocenters. The van der Waals surface area contributed by atoms with Crippen LogP contribution in [-0.4, -0.2) is 41.2 Å².